The van der Waals surface area contributed by atoms with Gasteiger partial charge in [0.15, 0.2) is 0 Å². The number of hydrogen-bond donors (Lipinski definition) is 0. The molecule has 1 aliphatic heterocycles. The third-order valence-corrected chi connectivity index (χ3v) is 4.62. The Labute approximate surface area is 140 Å². The van der Waals surface area contributed by atoms with Gasteiger partial charge in [-0.15, -0.1) is 11.8 Å². The van der Waals surface area contributed by atoms with E-state index in [1.165, 1.54) is 11.8 Å². The highest BCUT2D eigenvalue weighted by Crippen LogP contribution is 2.22. The molecule has 0 spiro atoms. The first-order chi connectivity index (χ1) is 11.3. The predicted molar refractivity (Wildman–Crippen MR) is 93.0 cm³/mol. The van der Waals surface area contributed by atoms with Crippen LogP contribution in [-0.2, 0) is 4.79 Å². The number of carbonyl (C=O) groups is 1. The normalized spacial score (nSPS) is 13.8. The van der Waals surface area contributed by atoms with E-state index in [1.807, 2.05) is 54.6 Å². The molecule has 0 saturated carbocycles. The standard InChI is InChI=1S/C18H18N2O2S/c1-22-15-7-9-16(10-8-15)23-13-18(21)20-12-11-17(19-20)14-5-3-2-4-6-14/h2-10H,11-13H2,1H3. The van der Waals surface area contributed by atoms with Crippen molar-refractivity contribution in [2.45, 2.75) is 11.3 Å². The lowest BCUT2D eigenvalue weighted by Crippen LogP contribution is -2.25. The molecule has 1 aliphatic rings. The van der Waals surface area contributed by atoms with Crippen molar-refractivity contribution in [1.29, 1.82) is 0 Å². The van der Waals surface area contributed by atoms with Gasteiger partial charge in [0.25, 0.3) is 5.91 Å². The van der Waals surface area contributed by atoms with Crippen molar-refractivity contribution in [2.75, 3.05) is 19.4 Å². The minimum Gasteiger partial charge on any atom is -0.497 e. The van der Waals surface area contributed by atoms with Crippen LogP contribution in [0, 0.1) is 0 Å². The van der Waals surface area contributed by atoms with Crippen LogP contribution in [0.4, 0.5) is 0 Å². The van der Waals surface area contributed by atoms with Gasteiger partial charge in [-0.1, -0.05) is 30.3 Å². The molecule has 1 amide bonds. The topological polar surface area (TPSA) is 41.9 Å². The number of thioether (sulfide) groups is 1. The van der Waals surface area contributed by atoms with E-state index < -0.39 is 0 Å². The average molecular weight is 326 g/mol. The molecule has 0 bridgehead atoms. The molecular weight excluding hydrogens is 308 g/mol. The highest BCUT2D eigenvalue weighted by atomic mass is 32.2. The molecule has 0 aromatic heterocycles. The maximum Gasteiger partial charge on any atom is 0.253 e. The number of carbonyl (C=O) groups excluding carboxylic acids is 1. The van der Waals surface area contributed by atoms with Gasteiger partial charge >= 0.3 is 0 Å². The quantitative estimate of drug-likeness (QED) is 0.791. The molecule has 23 heavy (non-hydrogen) atoms. The van der Waals surface area contributed by atoms with Crippen LogP contribution in [0.25, 0.3) is 0 Å². The molecule has 2 aromatic rings. The molecule has 0 unspecified atom stereocenters. The van der Waals surface area contributed by atoms with Crippen molar-refractivity contribution in [3.63, 3.8) is 0 Å². The van der Waals surface area contributed by atoms with Gasteiger partial charge in [0, 0.05) is 11.3 Å². The van der Waals surface area contributed by atoms with Crippen LogP contribution in [0.2, 0.25) is 0 Å². The Balaban J connectivity index is 1.57. The van der Waals surface area contributed by atoms with Crippen molar-refractivity contribution >= 4 is 23.4 Å². The molecule has 3 rings (SSSR count). The Morgan fingerprint density at radius 3 is 2.61 bits per heavy atom. The van der Waals surface area contributed by atoms with Crippen LogP contribution in [0.15, 0.2) is 64.6 Å². The second-order valence-corrected chi connectivity index (χ2v) is 6.19. The number of nitrogens with zero attached hydrogens (tertiary/aromatic N) is 2. The van der Waals surface area contributed by atoms with Gasteiger partial charge in [0.05, 0.1) is 25.1 Å². The van der Waals surface area contributed by atoms with E-state index in [1.54, 1.807) is 12.1 Å². The van der Waals surface area contributed by atoms with Crippen LogP contribution >= 0.6 is 11.8 Å². The summed E-state index contributed by atoms with van der Waals surface area (Å²) >= 11 is 1.52. The molecule has 118 valence electrons. The number of benzene rings is 2. The van der Waals surface area contributed by atoms with E-state index in [0.717, 1.165) is 28.3 Å². The van der Waals surface area contributed by atoms with E-state index in [0.29, 0.717) is 12.3 Å². The van der Waals surface area contributed by atoms with E-state index in [2.05, 4.69) is 5.10 Å². The fourth-order valence-corrected chi connectivity index (χ4v) is 3.13. The highest BCUT2D eigenvalue weighted by Gasteiger charge is 2.21. The smallest absolute Gasteiger partial charge is 0.253 e. The second kappa shape index (κ2) is 7.33. The molecule has 4 nitrogen and oxygen atoms in total. The highest BCUT2D eigenvalue weighted by molar-refractivity contribution is 8.00. The first kappa shape index (κ1) is 15.6. The summed E-state index contributed by atoms with van der Waals surface area (Å²) in [6.45, 7) is 0.659. The van der Waals surface area contributed by atoms with E-state index >= 15 is 0 Å². The van der Waals surface area contributed by atoms with Crippen LogP contribution in [-0.4, -0.2) is 36.0 Å². The second-order valence-electron chi connectivity index (χ2n) is 5.14. The monoisotopic (exact) mass is 326 g/mol. The molecule has 0 saturated heterocycles. The summed E-state index contributed by atoms with van der Waals surface area (Å²) in [5.74, 6) is 1.24. The fourth-order valence-electron chi connectivity index (χ4n) is 2.36. The molecule has 5 heteroatoms. The molecular formula is C18H18N2O2S. The van der Waals surface area contributed by atoms with Crippen molar-refractivity contribution in [3.05, 3.63) is 60.2 Å². The van der Waals surface area contributed by atoms with Gasteiger partial charge in [-0.2, -0.15) is 5.10 Å². The van der Waals surface area contributed by atoms with Crippen molar-refractivity contribution in [3.8, 4) is 5.75 Å². The molecule has 0 aliphatic carbocycles. The SMILES string of the molecule is COc1ccc(SCC(=O)N2CCC(c3ccccc3)=N2)cc1. The number of hydrazone groups is 1. The predicted octanol–water partition coefficient (Wildman–Crippen LogP) is 3.42. The number of amides is 1. The Morgan fingerprint density at radius 2 is 1.91 bits per heavy atom. The van der Waals surface area contributed by atoms with Gasteiger partial charge < -0.3 is 4.74 Å². The van der Waals surface area contributed by atoms with Crippen LogP contribution in [0.1, 0.15) is 12.0 Å². The Morgan fingerprint density at radius 1 is 1.17 bits per heavy atom. The van der Waals surface area contributed by atoms with Crippen molar-refractivity contribution in [2.24, 2.45) is 5.10 Å². The summed E-state index contributed by atoms with van der Waals surface area (Å²) in [7, 11) is 1.64. The van der Waals surface area contributed by atoms with Crippen molar-refractivity contribution in [1.82, 2.24) is 5.01 Å². The summed E-state index contributed by atoms with van der Waals surface area (Å²) in [5.41, 5.74) is 2.07. The minimum atomic E-state index is 0.0387. The zero-order valence-electron chi connectivity index (χ0n) is 12.9. The lowest BCUT2D eigenvalue weighted by Gasteiger charge is -2.11. The maximum atomic E-state index is 12.3. The first-order valence-electron chi connectivity index (χ1n) is 7.46. The number of ether oxygens (including phenoxy) is 1. The lowest BCUT2D eigenvalue weighted by molar-refractivity contribution is -0.127. The largest absolute Gasteiger partial charge is 0.497 e. The van der Waals surface area contributed by atoms with Crippen molar-refractivity contribution < 1.29 is 9.53 Å². The van der Waals surface area contributed by atoms with Crippen LogP contribution in [0.3, 0.4) is 0 Å². The Hall–Kier alpha value is -2.27. The molecule has 1 heterocycles. The zero-order valence-corrected chi connectivity index (χ0v) is 13.8. The summed E-state index contributed by atoms with van der Waals surface area (Å²) in [6, 6.07) is 17.7. The molecule has 0 fully saturated rings. The van der Waals surface area contributed by atoms with E-state index in [9.17, 15) is 4.79 Å². The van der Waals surface area contributed by atoms with Crippen LogP contribution < -0.4 is 4.74 Å². The fraction of sp³-hybridized carbons (Fsp3) is 0.222. The summed E-state index contributed by atoms with van der Waals surface area (Å²) in [4.78, 5) is 13.3. The summed E-state index contributed by atoms with van der Waals surface area (Å²) < 4.78 is 5.13. The number of rotatable bonds is 5. The Bertz CT molecular complexity index is 699. The number of hydrogen-bond acceptors (Lipinski definition) is 4. The first-order valence-corrected chi connectivity index (χ1v) is 8.45. The molecule has 0 atom stereocenters. The van der Waals surface area contributed by atoms with E-state index in [-0.39, 0.29) is 5.91 Å². The zero-order chi connectivity index (χ0) is 16.1. The molecule has 0 N–H and O–H groups in total. The van der Waals surface area contributed by atoms with Gasteiger partial charge in [-0.25, -0.2) is 5.01 Å². The average Bonchev–Trinajstić information content (AvgIpc) is 3.11. The third kappa shape index (κ3) is 3.93. The minimum absolute atomic E-state index is 0.0387. The molecule has 2 aromatic carbocycles. The number of methoxy groups -OCH3 is 1. The summed E-state index contributed by atoms with van der Waals surface area (Å²) in [5, 5.41) is 6.05. The van der Waals surface area contributed by atoms with E-state index in [4.69, 9.17) is 4.74 Å². The summed E-state index contributed by atoms with van der Waals surface area (Å²) in [6.07, 6.45) is 0.808. The third-order valence-electron chi connectivity index (χ3n) is 3.62. The van der Waals surface area contributed by atoms with Gasteiger partial charge in [0.1, 0.15) is 5.75 Å². The van der Waals surface area contributed by atoms with Crippen LogP contribution in [0.5, 0.6) is 5.75 Å². The maximum absolute atomic E-state index is 12.3. The van der Waals surface area contributed by atoms with Gasteiger partial charge in [-0.05, 0) is 29.8 Å². The molecule has 0 radical (unpaired) electrons. The lowest BCUT2D eigenvalue weighted by atomic mass is 10.1. The Kier molecular flexibility index (Phi) is 4.98. The van der Waals surface area contributed by atoms with Gasteiger partial charge in [-0.3, -0.25) is 4.79 Å². The van der Waals surface area contributed by atoms with Gasteiger partial charge in [0.2, 0.25) is 0 Å².